The minimum Gasteiger partial charge on any atom is -0.490 e. The molecule has 1 saturated carbocycles. The van der Waals surface area contributed by atoms with Crippen molar-refractivity contribution < 1.29 is 9.13 Å². The van der Waals surface area contributed by atoms with Crippen LogP contribution in [0, 0.1) is 5.82 Å². The summed E-state index contributed by atoms with van der Waals surface area (Å²) in [6.07, 6.45) is 2.54. The Hall–Kier alpha value is -1.09. The van der Waals surface area contributed by atoms with Crippen LogP contribution in [0.15, 0.2) is 18.2 Å². The molecule has 1 atom stereocenters. The molecule has 0 aliphatic heterocycles. The Morgan fingerprint density at radius 2 is 2.27 bits per heavy atom. The van der Waals surface area contributed by atoms with Crippen molar-refractivity contribution in [2.24, 2.45) is 5.73 Å². The van der Waals surface area contributed by atoms with E-state index in [1.165, 1.54) is 12.1 Å². The Labute approximate surface area is 89.2 Å². The molecule has 2 nitrogen and oxygen atoms in total. The highest BCUT2D eigenvalue weighted by atomic mass is 19.1. The molecule has 1 aliphatic rings. The minimum atomic E-state index is -0.228. The van der Waals surface area contributed by atoms with E-state index in [1.807, 2.05) is 6.92 Å². The standard InChI is InChI=1S/C12H16FNO/c1-8(7-14)11-6-9(13)2-5-12(11)15-10-3-4-10/h2,5-6,8,10H,3-4,7,14H2,1H3. The van der Waals surface area contributed by atoms with Gasteiger partial charge in [-0.25, -0.2) is 4.39 Å². The average molecular weight is 209 g/mol. The summed E-state index contributed by atoms with van der Waals surface area (Å²) < 4.78 is 18.8. The SMILES string of the molecule is CC(CN)c1cc(F)ccc1OC1CC1. The second-order valence-corrected chi connectivity index (χ2v) is 4.14. The fourth-order valence-electron chi connectivity index (χ4n) is 1.50. The van der Waals surface area contributed by atoms with E-state index in [-0.39, 0.29) is 11.7 Å². The molecule has 0 heterocycles. The fourth-order valence-corrected chi connectivity index (χ4v) is 1.50. The van der Waals surface area contributed by atoms with Crippen LogP contribution in [-0.2, 0) is 0 Å². The number of rotatable bonds is 4. The Morgan fingerprint density at radius 1 is 1.53 bits per heavy atom. The predicted octanol–water partition coefficient (Wildman–Crippen LogP) is 2.43. The molecule has 3 heteroatoms. The van der Waals surface area contributed by atoms with Crippen LogP contribution in [-0.4, -0.2) is 12.6 Å². The van der Waals surface area contributed by atoms with Crippen molar-refractivity contribution in [1.82, 2.24) is 0 Å². The molecule has 1 aliphatic carbocycles. The topological polar surface area (TPSA) is 35.2 Å². The molecular formula is C12H16FNO. The van der Waals surface area contributed by atoms with Crippen LogP contribution < -0.4 is 10.5 Å². The molecular weight excluding hydrogens is 193 g/mol. The fraction of sp³-hybridized carbons (Fsp3) is 0.500. The Bertz CT molecular complexity index is 349. The number of hydrogen-bond acceptors (Lipinski definition) is 2. The second-order valence-electron chi connectivity index (χ2n) is 4.14. The maximum absolute atomic E-state index is 13.1. The minimum absolute atomic E-state index is 0.134. The largest absolute Gasteiger partial charge is 0.490 e. The number of nitrogens with two attached hydrogens (primary N) is 1. The summed E-state index contributed by atoms with van der Waals surface area (Å²) in [6, 6.07) is 4.66. The third kappa shape index (κ3) is 2.48. The molecule has 1 fully saturated rings. The number of benzene rings is 1. The summed E-state index contributed by atoms with van der Waals surface area (Å²) in [5.41, 5.74) is 6.47. The van der Waals surface area contributed by atoms with Gasteiger partial charge in [-0.1, -0.05) is 6.92 Å². The third-order valence-electron chi connectivity index (χ3n) is 2.67. The lowest BCUT2D eigenvalue weighted by molar-refractivity contribution is 0.298. The van der Waals surface area contributed by atoms with Crippen LogP contribution in [0.3, 0.4) is 0 Å². The molecule has 82 valence electrons. The highest BCUT2D eigenvalue weighted by Gasteiger charge is 2.25. The monoisotopic (exact) mass is 209 g/mol. The Balaban J connectivity index is 2.25. The van der Waals surface area contributed by atoms with Gasteiger partial charge in [-0.15, -0.1) is 0 Å². The van der Waals surface area contributed by atoms with Gasteiger partial charge in [-0.2, -0.15) is 0 Å². The summed E-state index contributed by atoms with van der Waals surface area (Å²) in [5, 5.41) is 0. The van der Waals surface area contributed by atoms with Gasteiger partial charge in [0, 0.05) is 5.56 Å². The van der Waals surface area contributed by atoms with Gasteiger partial charge in [0.15, 0.2) is 0 Å². The second kappa shape index (κ2) is 4.19. The Morgan fingerprint density at radius 3 is 2.87 bits per heavy atom. The number of hydrogen-bond donors (Lipinski definition) is 1. The molecule has 0 radical (unpaired) electrons. The normalized spacial score (nSPS) is 17.5. The van der Waals surface area contributed by atoms with Crippen LogP contribution in [0.2, 0.25) is 0 Å². The molecule has 1 aromatic carbocycles. The molecule has 1 unspecified atom stereocenters. The van der Waals surface area contributed by atoms with E-state index >= 15 is 0 Å². The third-order valence-corrected chi connectivity index (χ3v) is 2.67. The summed E-state index contributed by atoms with van der Waals surface area (Å²) in [5.74, 6) is 0.694. The molecule has 2 rings (SSSR count). The van der Waals surface area contributed by atoms with Gasteiger partial charge >= 0.3 is 0 Å². The van der Waals surface area contributed by atoms with Gasteiger partial charge in [0.2, 0.25) is 0 Å². The lowest BCUT2D eigenvalue weighted by Crippen LogP contribution is -2.11. The summed E-state index contributed by atoms with van der Waals surface area (Å²) in [4.78, 5) is 0. The van der Waals surface area contributed by atoms with Crippen molar-refractivity contribution in [2.75, 3.05) is 6.54 Å². The van der Waals surface area contributed by atoms with Crippen LogP contribution in [0.25, 0.3) is 0 Å². The van der Waals surface area contributed by atoms with E-state index in [0.29, 0.717) is 12.6 Å². The van der Waals surface area contributed by atoms with E-state index in [4.69, 9.17) is 10.5 Å². The van der Waals surface area contributed by atoms with E-state index in [2.05, 4.69) is 0 Å². The molecule has 0 amide bonds. The molecule has 0 bridgehead atoms. The van der Waals surface area contributed by atoms with Crippen molar-refractivity contribution in [3.8, 4) is 5.75 Å². The van der Waals surface area contributed by atoms with E-state index < -0.39 is 0 Å². The van der Waals surface area contributed by atoms with Crippen molar-refractivity contribution in [3.05, 3.63) is 29.6 Å². The average Bonchev–Trinajstić information content (AvgIpc) is 3.03. The first-order valence-corrected chi connectivity index (χ1v) is 5.37. The maximum atomic E-state index is 13.1. The molecule has 1 aromatic rings. The van der Waals surface area contributed by atoms with E-state index in [1.54, 1.807) is 6.07 Å². The summed E-state index contributed by atoms with van der Waals surface area (Å²) >= 11 is 0. The molecule has 0 saturated heterocycles. The lowest BCUT2D eigenvalue weighted by Gasteiger charge is -2.15. The van der Waals surface area contributed by atoms with Gasteiger partial charge in [0.1, 0.15) is 11.6 Å². The first-order valence-electron chi connectivity index (χ1n) is 5.37. The van der Waals surface area contributed by atoms with Gasteiger partial charge in [-0.05, 0) is 43.5 Å². The van der Waals surface area contributed by atoms with Crippen molar-refractivity contribution in [3.63, 3.8) is 0 Å². The molecule has 0 spiro atoms. The zero-order valence-electron chi connectivity index (χ0n) is 8.87. The summed E-state index contributed by atoms with van der Waals surface area (Å²) in [7, 11) is 0. The predicted molar refractivity (Wildman–Crippen MR) is 57.5 cm³/mol. The zero-order valence-corrected chi connectivity index (χ0v) is 8.87. The van der Waals surface area contributed by atoms with Crippen LogP contribution in [0.1, 0.15) is 31.2 Å². The zero-order chi connectivity index (χ0) is 10.8. The lowest BCUT2D eigenvalue weighted by atomic mass is 10.0. The van der Waals surface area contributed by atoms with Crippen LogP contribution >= 0.6 is 0 Å². The van der Waals surface area contributed by atoms with Gasteiger partial charge in [-0.3, -0.25) is 0 Å². The highest BCUT2D eigenvalue weighted by Crippen LogP contribution is 2.32. The smallest absolute Gasteiger partial charge is 0.123 e. The Kier molecular flexibility index (Phi) is 2.91. The van der Waals surface area contributed by atoms with Crippen LogP contribution in [0.5, 0.6) is 5.75 Å². The van der Waals surface area contributed by atoms with Crippen molar-refractivity contribution in [2.45, 2.75) is 31.8 Å². The van der Waals surface area contributed by atoms with Gasteiger partial charge in [0.25, 0.3) is 0 Å². The summed E-state index contributed by atoms with van der Waals surface area (Å²) in [6.45, 7) is 2.49. The van der Waals surface area contributed by atoms with Gasteiger partial charge < -0.3 is 10.5 Å². The van der Waals surface area contributed by atoms with Crippen molar-refractivity contribution in [1.29, 1.82) is 0 Å². The first kappa shape index (κ1) is 10.4. The molecule has 0 aromatic heterocycles. The quantitative estimate of drug-likeness (QED) is 0.826. The molecule has 2 N–H and O–H groups in total. The van der Waals surface area contributed by atoms with Gasteiger partial charge in [0.05, 0.1) is 6.10 Å². The first-order chi connectivity index (χ1) is 7.20. The highest BCUT2D eigenvalue weighted by molar-refractivity contribution is 5.37. The van der Waals surface area contributed by atoms with Crippen LogP contribution in [0.4, 0.5) is 4.39 Å². The van der Waals surface area contributed by atoms with E-state index in [0.717, 1.165) is 24.2 Å². The molecule has 15 heavy (non-hydrogen) atoms. The van der Waals surface area contributed by atoms with E-state index in [9.17, 15) is 4.39 Å². The number of ether oxygens (including phenoxy) is 1. The van der Waals surface area contributed by atoms with Crippen molar-refractivity contribution >= 4 is 0 Å². The number of halogens is 1. The maximum Gasteiger partial charge on any atom is 0.123 e.